The number of aromatic nitrogens is 3. The SMILES string of the molecule is CC[C@H]1C[C@H]2C[C@@H](C)CC(c3ccc(-c4ccc(-c5nc(-c6ccc(C#N)cc6)nc(-c6ccc(-c7ccc8c(c7)C(C)(C)c7ccccc7-8)cc6)n5)cc4)cc3)(C2)C1. The monoisotopic (exact) mass is 766 g/mol. The minimum Gasteiger partial charge on any atom is -0.208 e. The van der Waals surface area contributed by atoms with Crippen molar-refractivity contribution >= 4 is 0 Å². The molecule has 0 amide bonds. The second-order valence-electron chi connectivity index (χ2n) is 18.3. The van der Waals surface area contributed by atoms with E-state index in [4.69, 9.17) is 15.0 Å². The average molecular weight is 767 g/mol. The Hall–Kier alpha value is -6.18. The van der Waals surface area contributed by atoms with Gasteiger partial charge in [-0.15, -0.1) is 0 Å². The lowest BCUT2D eigenvalue weighted by molar-refractivity contribution is 0.0702. The maximum Gasteiger partial charge on any atom is 0.164 e. The third-order valence-corrected chi connectivity index (χ3v) is 14.0. The molecule has 290 valence electrons. The number of nitriles is 1. The first-order valence-electron chi connectivity index (χ1n) is 21.5. The molecule has 7 aromatic rings. The number of benzene rings is 6. The van der Waals surface area contributed by atoms with E-state index in [0.717, 1.165) is 40.0 Å². The standard InChI is InChI=1S/C55H50N4/c1-5-36-29-38-28-35(2)31-55(32-36,33-38)46-25-22-40(23-26-46)39-14-18-43(19-15-39)52-57-51(42-12-10-37(34-56)11-13-42)58-53(59-52)44-20-16-41(17-21-44)45-24-27-48-47-8-6-7-9-49(47)54(3,4)50(48)30-45/h6-27,30,35-36,38H,5,28-29,31-33H2,1-4H3/t35-,36+,38-,55?/m1/s1. The Balaban J connectivity index is 0.952. The highest BCUT2D eigenvalue weighted by molar-refractivity contribution is 5.84. The average Bonchev–Trinajstić information content (AvgIpc) is 3.51. The Kier molecular flexibility index (Phi) is 9.17. The summed E-state index contributed by atoms with van der Waals surface area (Å²) in [7, 11) is 0. The van der Waals surface area contributed by atoms with Gasteiger partial charge < -0.3 is 0 Å². The van der Waals surface area contributed by atoms with Crippen molar-refractivity contribution in [2.45, 2.75) is 77.0 Å². The zero-order chi connectivity index (χ0) is 40.3. The van der Waals surface area contributed by atoms with Crippen molar-refractivity contribution in [1.82, 2.24) is 15.0 Å². The minimum atomic E-state index is -0.0567. The molecule has 4 atom stereocenters. The molecule has 0 saturated heterocycles. The Morgan fingerprint density at radius 3 is 1.66 bits per heavy atom. The van der Waals surface area contributed by atoms with Crippen LogP contribution in [0.3, 0.4) is 0 Å². The normalized spacial score (nSPS) is 21.3. The highest BCUT2D eigenvalue weighted by Crippen LogP contribution is 2.55. The molecule has 10 rings (SSSR count). The lowest BCUT2D eigenvalue weighted by Gasteiger charge is -2.51. The van der Waals surface area contributed by atoms with Crippen molar-refractivity contribution in [3.63, 3.8) is 0 Å². The summed E-state index contributed by atoms with van der Waals surface area (Å²) in [5.41, 5.74) is 15.2. The molecule has 4 nitrogen and oxygen atoms in total. The quantitative estimate of drug-likeness (QED) is 0.162. The number of hydrogen-bond acceptors (Lipinski definition) is 4. The molecule has 1 unspecified atom stereocenters. The summed E-state index contributed by atoms with van der Waals surface area (Å²) < 4.78 is 0. The molecule has 0 N–H and O–H groups in total. The van der Waals surface area contributed by atoms with Crippen LogP contribution in [0.1, 0.15) is 88.5 Å². The van der Waals surface area contributed by atoms with E-state index in [1.165, 1.54) is 83.0 Å². The Morgan fingerprint density at radius 1 is 0.559 bits per heavy atom. The van der Waals surface area contributed by atoms with Gasteiger partial charge in [-0.25, -0.2) is 15.0 Å². The zero-order valence-corrected chi connectivity index (χ0v) is 34.5. The maximum absolute atomic E-state index is 9.45. The van der Waals surface area contributed by atoms with E-state index >= 15 is 0 Å². The zero-order valence-electron chi connectivity index (χ0n) is 34.5. The predicted octanol–water partition coefficient (Wildman–Crippen LogP) is 13.9. The van der Waals surface area contributed by atoms with Crippen LogP contribution in [0.15, 0.2) is 140 Å². The van der Waals surface area contributed by atoms with Crippen LogP contribution in [0.2, 0.25) is 0 Å². The highest BCUT2D eigenvalue weighted by Gasteiger charge is 2.45. The Morgan fingerprint density at radius 2 is 1.07 bits per heavy atom. The van der Waals surface area contributed by atoms with E-state index in [1.807, 2.05) is 24.3 Å². The molecule has 6 aromatic carbocycles. The summed E-state index contributed by atoms with van der Waals surface area (Å²) in [6.07, 6.45) is 8.13. The summed E-state index contributed by atoms with van der Waals surface area (Å²) in [4.78, 5) is 15.0. The van der Waals surface area contributed by atoms with Gasteiger partial charge in [-0.05, 0) is 136 Å². The van der Waals surface area contributed by atoms with Gasteiger partial charge in [-0.3, -0.25) is 0 Å². The van der Waals surface area contributed by atoms with Crippen molar-refractivity contribution in [2.24, 2.45) is 17.8 Å². The van der Waals surface area contributed by atoms with E-state index < -0.39 is 0 Å². The van der Waals surface area contributed by atoms with Gasteiger partial charge in [0.1, 0.15) is 0 Å². The Bertz CT molecular complexity index is 2720. The molecule has 2 bridgehead atoms. The Labute approximate surface area is 349 Å². The van der Waals surface area contributed by atoms with Crippen LogP contribution in [0.25, 0.3) is 67.5 Å². The van der Waals surface area contributed by atoms with E-state index in [9.17, 15) is 5.26 Å². The first-order valence-corrected chi connectivity index (χ1v) is 21.5. The van der Waals surface area contributed by atoms with Crippen LogP contribution in [0.4, 0.5) is 0 Å². The second kappa shape index (κ2) is 14.6. The molecule has 3 aliphatic carbocycles. The van der Waals surface area contributed by atoms with E-state index in [-0.39, 0.29) is 5.41 Å². The smallest absolute Gasteiger partial charge is 0.164 e. The van der Waals surface area contributed by atoms with Crippen LogP contribution in [0.5, 0.6) is 0 Å². The minimum absolute atomic E-state index is 0.0567. The van der Waals surface area contributed by atoms with Crippen LogP contribution in [0, 0.1) is 29.1 Å². The lowest BCUT2D eigenvalue weighted by Crippen LogP contribution is -2.42. The molecule has 2 fully saturated rings. The molecular weight excluding hydrogens is 717 g/mol. The molecule has 4 heteroatoms. The fraction of sp³-hybridized carbons (Fsp3) is 0.273. The van der Waals surface area contributed by atoms with E-state index in [2.05, 4.69) is 149 Å². The molecule has 1 heterocycles. The van der Waals surface area contributed by atoms with Crippen LogP contribution >= 0.6 is 0 Å². The van der Waals surface area contributed by atoms with Gasteiger partial charge in [0, 0.05) is 22.1 Å². The maximum atomic E-state index is 9.45. The summed E-state index contributed by atoms with van der Waals surface area (Å²) in [5, 5.41) is 9.45. The van der Waals surface area contributed by atoms with Crippen LogP contribution < -0.4 is 0 Å². The lowest BCUT2D eigenvalue weighted by atomic mass is 9.54. The van der Waals surface area contributed by atoms with Crippen molar-refractivity contribution in [1.29, 1.82) is 5.26 Å². The van der Waals surface area contributed by atoms with Crippen molar-refractivity contribution in [3.8, 4) is 73.6 Å². The van der Waals surface area contributed by atoms with Gasteiger partial charge in [0.25, 0.3) is 0 Å². The third-order valence-electron chi connectivity index (χ3n) is 14.0. The molecule has 59 heavy (non-hydrogen) atoms. The fourth-order valence-corrected chi connectivity index (χ4v) is 11.1. The van der Waals surface area contributed by atoms with Crippen molar-refractivity contribution in [2.75, 3.05) is 0 Å². The first kappa shape index (κ1) is 37.1. The van der Waals surface area contributed by atoms with Crippen molar-refractivity contribution < 1.29 is 0 Å². The molecule has 0 radical (unpaired) electrons. The summed E-state index contributed by atoms with van der Waals surface area (Å²) >= 11 is 0. The van der Waals surface area contributed by atoms with Crippen LogP contribution in [-0.2, 0) is 10.8 Å². The van der Waals surface area contributed by atoms with E-state index in [0.29, 0.717) is 28.5 Å². The molecule has 0 spiro atoms. The number of fused-ring (bicyclic) bond motifs is 5. The van der Waals surface area contributed by atoms with E-state index in [1.54, 1.807) is 0 Å². The third kappa shape index (κ3) is 6.67. The van der Waals surface area contributed by atoms with Gasteiger partial charge >= 0.3 is 0 Å². The second-order valence-corrected chi connectivity index (χ2v) is 18.3. The molecular formula is C55H50N4. The van der Waals surface area contributed by atoms with Crippen molar-refractivity contribution in [3.05, 3.63) is 162 Å². The topological polar surface area (TPSA) is 62.5 Å². The summed E-state index contributed by atoms with van der Waals surface area (Å²) in [5.74, 6) is 4.32. The molecule has 3 aliphatic rings. The van der Waals surface area contributed by atoms with Gasteiger partial charge in [-0.1, -0.05) is 143 Å². The first-order chi connectivity index (χ1) is 28.7. The van der Waals surface area contributed by atoms with Gasteiger partial charge in [0.05, 0.1) is 11.6 Å². The van der Waals surface area contributed by atoms with Gasteiger partial charge in [0.15, 0.2) is 17.5 Å². The molecule has 1 aromatic heterocycles. The molecule has 2 saturated carbocycles. The largest absolute Gasteiger partial charge is 0.208 e. The number of nitrogens with zero attached hydrogens (tertiary/aromatic N) is 4. The van der Waals surface area contributed by atoms with Gasteiger partial charge in [0.2, 0.25) is 0 Å². The fourth-order valence-electron chi connectivity index (χ4n) is 11.1. The van der Waals surface area contributed by atoms with Crippen LogP contribution in [-0.4, -0.2) is 15.0 Å². The highest BCUT2D eigenvalue weighted by atomic mass is 15.0. The number of rotatable bonds is 7. The van der Waals surface area contributed by atoms with Gasteiger partial charge in [-0.2, -0.15) is 5.26 Å². The summed E-state index contributed by atoms with van der Waals surface area (Å²) in [6, 6.07) is 52.0. The molecule has 0 aliphatic heterocycles. The number of hydrogen-bond donors (Lipinski definition) is 0. The summed E-state index contributed by atoms with van der Waals surface area (Å²) in [6.45, 7) is 9.49. The predicted molar refractivity (Wildman–Crippen MR) is 240 cm³/mol.